The molecule has 1 saturated carbocycles. The van der Waals surface area contributed by atoms with Crippen LogP contribution in [0.1, 0.15) is 70.3 Å². The second-order valence-electron chi connectivity index (χ2n) is 10.4. The van der Waals surface area contributed by atoms with E-state index in [1.165, 1.54) is 12.5 Å². The summed E-state index contributed by atoms with van der Waals surface area (Å²) in [7, 11) is 0. The number of aldehydes is 1. The Balaban J connectivity index is 1.83. The van der Waals surface area contributed by atoms with E-state index in [9.17, 15) is 20.0 Å². The standard InChI is InChI=1S/C24H32N2O7/c1-23(2)10-7-11-24(3,4)26(23)33-22-19(17-9-6-13-32-17)20(25(29)30)18(15(14-27)21(22)28)16-8-5-12-31-16/h5-6,8-9,12-15,18-22,28H,7,10-11H2,1-4H3/t15-,18+,19+,20+,21+,22+/m1/s1. The molecule has 0 aromatic carbocycles. The zero-order valence-corrected chi connectivity index (χ0v) is 19.4. The summed E-state index contributed by atoms with van der Waals surface area (Å²) in [6.07, 6.45) is 3.81. The minimum atomic E-state index is -1.31. The molecule has 2 aromatic heterocycles. The molecular weight excluding hydrogens is 428 g/mol. The molecule has 0 unspecified atom stereocenters. The molecule has 0 amide bonds. The summed E-state index contributed by atoms with van der Waals surface area (Å²) in [5.41, 5.74) is -0.734. The van der Waals surface area contributed by atoms with Gasteiger partial charge in [-0.05, 0) is 71.2 Å². The molecule has 33 heavy (non-hydrogen) atoms. The van der Waals surface area contributed by atoms with E-state index in [1.807, 2.05) is 5.06 Å². The molecule has 9 nitrogen and oxygen atoms in total. The Bertz CT molecular complexity index is 938. The van der Waals surface area contributed by atoms with Gasteiger partial charge in [0.2, 0.25) is 6.04 Å². The van der Waals surface area contributed by atoms with Crippen molar-refractivity contribution in [1.82, 2.24) is 5.06 Å². The SMILES string of the molecule is CC1(C)CCCC(C)(C)N1O[C@@H]1[C@@H](O)[C@H](C=O)[C@@H](c2ccco2)[C@H]([N+](=O)[O-])[C@@H]1c1ccco1. The van der Waals surface area contributed by atoms with E-state index in [0.29, 0.717) is 12.0 Å². The predicted molar refractivity (Wildman–Crippen MR) is 118 cm³/mol. The highest BCUT2D eigenvalue weighted by atomic mass is 16.7. The van der Waals surface area contributed by atoms with Gasteiger partial charge in [0.1, 0.15) is 29.8 Å². The minimum Gasteiger partial charge on any atom is -0.469 e. The lowest BCUT2D eigenvalue weighted by Gasteiger charge is -2.54. The van der Waals surface area contributed by atoms with Gasteiger partial charge in [0.15, 0.2) is 0 Å². The Labute approximate surface area is 192 Å². The molecule has 0 radical (unpaired) electrons. The van der Waals surface area contributed by atoms with Gasteiger partial charge in [-0.3, -0.25) is 15.0 Å². The third kappa shape index (κ3) is 4.13. The number of piperidine rings is 1. The Morgan fingerprint density at radius 2 is 1.64 bits per heavy atom. The Kier molecular flexibility index (Phi) is 6.24. The summed E-state index contributed by atoms with van der Waals surface area (Å²) in [6, 6.07) is 5.21. The van der Waals surface area contributed by atoms with Crippen molar-refractivity contribution in [3.63, 3.8) is 0 Å². The lowest BCUT2D eigenvalue weighted by atomic mass is 9.66. The molecule has 1 aliphatic carbocycles. The van der Waals surface area contributed by atoms with Crippen LogP contribution in [0.4, 0.5) is 0 Å². The van der Waals surface area contributed by atoms with Gasteiger partial charge >= 0.3 is 0 Å². The Morgan fingerprint density at radius 3 is 2.09 bits per heavy atom. The molecule has 6 atom stereocenters. The maximum Gasteiger partial charge on any atom is 0.236 e. The first-order valence-corrected chi connectivity index (χ1v) is 11.4. The van der Waals surface area contributed by atoms with Crippen molar-refractivity contribution < 1.29 is 28.5 Å². The minimum absolute atomic E-state index is 0.279. The molecule has 1 saturated heterocycles. The number of hydrogen-bond acceptors (Lipinski definition) is 8. The summed E-state index contributed by atoms with van der Waals surface area (Å²) in [6.45, 7) is 8.22. The first kappa shape index (κ1) is 23.7. The number of rotatable bonds is 6. The highest BCUT2D eigenvalue weighted by Crippen LogP contribution is 2.49. The van der Waals surface area contributed by atoms with Crippen LogP contribution in [0.2, 0.25) is 0 Å². The molecule has 1 N–H and O–H groups in total. The topological polar surface area (TPSA) is 119 Å². The van der Waals surface area contributed by atoms with Crippen LogP contribution in [-0.2, 0) is 9.63 Å². The summed E-state index contributed by atoms with van der Waals surface area (Å²) < 4.78 is 11.1. The number of nitrogens with zero attached hydrogens (tertiary/aromatic N) is 2. The maximum absolute atomic E-state index is 12.5. The van der Waals surface area contributed by atoms with Gasteiger partial charge in [0.05, 0.1) is 30.5 Å². The Morgan fingerprint density at radius 1 is 1.09 bits per heavy atom. The number of hydroxylamine groups is 2. The molecule has 180 valence electrons. The van der Waals surface area contributed by atoms with Gasteiger partial charge in [0.25, 0.3) is 0 Å². The lowest BCUT2D eigenvalue weighted by Crippen LogP contribution is -2.64. The van der Waals surface area contributed by atoms with E-state index in [0.717, 1.165) is 19.3 Å². The zero-order valence-electron chi connectivity index (χ0n) is 19.4. The van der Waals surface area contributed by atoms with Crippen LogP contribution in [0.25, 0.3) is 0 Å². The number of aliphatic hydroxyl groups excluding tert-OH is 1. The number of hydrogen-bond donors (Lipinski definition) is 1. The van der Waals surface area contributed by atoms with Crippen molar-refractivity contribution in [3.05, 3.63) is 58.4 Å². The molecule has 0 spiro atoms. The molecule has 3 heterocycles. The summed E-state index contributed by atoms with van der Waals surface area (Å²) in [5.74, 6) is -2.39. The lowest BCUT2D eigenvalue weighted by molar-refractivity contribution is -0.543. The quantitative estimate of drug-likeness (QED) is 0.391. The van der Waals surface area contributed by atoms with Gasteiger partial charge in [-0.1, -0.05) is 0 Å². The fourth-order valence-corrected chi connectivity index (χ4v) is 5.88. The molecule has 2 fully saturated rings. The van der Waals surface area contributed by atoms with E-state index < -0.39 is 40.9 Å². The van der Waals surface area contributed by atoms with Gasteiger partial charge in [-0.25, -0.2) is 0 Å². The highest BCUT2D eigenvalue weighted by Gasteiger charge is 2.61. The summed E-state index contributed by atoms with van der Waals surface area (Å²) in [5, 5.41) is 25.8. The number of carbonyl (C=O) groups excluding carboxylic acids is 1. The van der Waals surface area contributed by atoms with Crippen LogP contribution in [0, 0.1) is 16.0 Å². The largest absolute Gasteiger partial charge is 0.469 e. The van der Waals surface area contributed by atoms with Crippen molar-refractivity contribution >= 4 is 6.29 Å². The summed E-state index contributed by atoms with van der Waals surface area (Å²) >= 11 is 0. The van der Waals surface area contributed by atoms with Crippen molar-refractivity contribution in [2.24, 2.45) is 5.92 Å². The zero-order chi connectivity index (χ0) is 24.0. The fourth-order valence-electron chi connectivity index (χ4n) is 5.88. The van der Waals surface area contributed by atoms with Crippen molar-refractivity contribution in [2.45, 2.75) is 88.1 Å². The van der Waals surface area contributed by atoms with Gasteiger partial charge in [0, 0.05) is 16.0 Å². The fraction of sp³-hybridized carbons (Fsp3) is 0.625. The second kappa shape index (κ2) is 8.70. The van der Waals surface area contributed by atoms with Crippen molar-refractivity contribution in [2.75, 3.05) is 0 Å². The third-order valence-electron chi connectivity index (χ3n) is 7.28. The second-order valence-corrected chi connectivity index (χ2v) is 10.4. The monoisotopic (exact) mass is 460 g/mol. The van der Waals surface area contributed by atoms with Crippen molar-refractivity contribution in [1.29, 1.82) is 0 Å². The number of aliphatic hydroxyl groups is 1. The van der Waals surface area contributed by atoms with Crippen LogP contribution < -0.4 is 0 Å². The molecule has 2 aliphatic rings. The van der Waals surface area contributed by atoms with E-state index >= 15 is 0 Å². The molecule has 4 rings (SSSR count). The van der Waals surface area contributed by atoms with Gasteiger partial charge in [-0.2, -0.15) is 5.06 Å². The van der Waals surface area contributed by atoms with Crippen LogP contribution in [0.15, 0.2) is 45.6 Å². The molecular formula is C24H32N2O7. The Hall–Kier alpha value is -2.49. The van der Waals surface area contributed by atoms with Crippen LogP contribution in [0.5, 0.6) is 0 Å². The van der Waals surface area contributed by atoms with Crippen LogP contribution in [-0.4, -0.2) is 50.7 Å². The first-order chi connectivity index (χ1) is 15.6. The smallest absolute Gasteiger partial charge is 0.236 e. The molecule has 2 aromatic rings. The van der Waals surface area contributed by atoms with Gasteiger partial charge < -0.3 is 18.7 Å². The van der Waals surface area contributed by atoms with E-state index in [-0.39, 0.29) is 16.8 Å². The van der Waals surface area contributed by atoms with E-state index in [1.54, 1.807) is 24.3 Å². The normalized spacial score (nSPS) is 34.1. The highest BCUT2D eigenvalue weighted by molar-refractivity contribution is 5.58. The first-order valence-electron chi connectivity index (χ1n) is 11.4. The van der Waals surface area contributed by atoms with Gasteiger partial charge in [-0.15, -0.1) is 0 Å². The average Bonchev–Trinajstić information content (AvgIpc) is 3.44. The van der Waals surface area contributed by atoms with Crippen LogP contribution >= 0.6 is 0 Å². The number of furan rings is 2. The molecule has 9 heteroatoms. The van der Waals surface area contributed by atoms with E-state index in [2.05, 4.69) is 27.7 Å². The van der Waals surface area contributed by atoms with Crippen LogP contribution in [0.3, 0.4) is 0 Å². The average molecular weight is 461 g/mol. The van der Waals surface area contributed by atoms with Crippen molar-refractivity contribution in [3.8, 4) is 0 Å². The number of carbonyl (C=O) groups is 1. The van der Waals surface area contributed by atoms with E-state index in [4.69, 9.17) is 13.7 Å². The third-order valence-corrected chi connectivity index (χ3v) is 7.28. The molecule has 0 bridgehead atoms. The maximum atomic E-state index is 12.5. The summed E-state index contributed by atoms with van der Waals surface area (Å²) in [4.78, 5) is 30.8. The molecule has 1 aliphatic heterocycles. The number of nitro groups is 1. The predicted octanol–water partition coefficient (Wildman–Crippen LogP) is 3.92.